The van der Waals surface area contributed by atoms with E-state index in [1.807, 2.05) is 0 Å². The monoisotopic (exact) mass is 94.0 g/mol. The molecule has 0 saturated carbocycles. The Kier molecular flexibility index (Phi) is 74.2. The Bertz CT molecular complexity index is 6.00. The van der Waals surface area contributed by atoms with Crippen LogP contribution >= 0.6 is 12.6 Å². The minimum atomic E-state index is 0. The fourth-order valence-corrected chi connectivity index (χ4v) is 0. The minimum Gasteiger partial charge on any atom is -0.183 e. The van der Waals surface area contributed by atoms with E-state index < -0.39 is 0 Å². The minimum absolute atomic E-state index is 0. The van der Waals surface area contributed by atoms with Crippen LogP contribution in [0.4, 0.5) is 0 Å². The standard InChI is InChI=1S/CH4S.2Na/c1-2;;/h2H,1H3;;. The van der Waals surface area contributed by atoms with Gasteiger partial charge in [0.05, 0.1) is 0 Å². The third kappa shape index (κ3) is 8.84. The van der Waals surface area contributed by atoms with Crippen molar-refractivity contribution >= 4 is 71.7 Å². The quantitative estimate of drug-likeness (QED) is 0.311. The van der Waals surface area contributed by atoms with Crippen LogP contribution in [-0.2, 0) is 0 Å². The molecule has 0 fully saturated rings. The van der Waals surface area contributed by atoms with Crippen LogP contribution in [0.3, 0.4) is 0 Å². The summed E-state index contributed by atoms with van der Waals surface area (Å²) in [6.45, 7) is 0. The third-order valence-electron chi connectivity index (χ3n) is 0. The van der Waals surface area contributed by atoms with E-state index in [9.17, 15) is 0 Å². The molecule has 0 aliphatic carbocycles. The van der Waals surface area contributed by atoms with Gasteiger partial charge in [0.25, 0.3) is 0 Å². The molecule has 0 aromatic heterocycles. The molecule has 0 aromatic rings. The first-order chi connectivity index (χ1) is 1.00. The molecule has 0 amide bonds. The molecule has 0 aromatic carbocycles. The molecule has 0 atom stereocenters. The Morgan fingerprint density at radius 3 is 1.00 bits per heavy atom. The zero-order valence-electron chi connectivity index (χ0n) is 3.45. The molecule has 4 heavy (non-hydrogen) atoms. The van der Waals surface area contributed by atoms with Gasteiger partial charge >= 0.3 is 0 Å². The summed E-state index contributed by atoms with van der Waals surface area (Å²) < 4.78 is 0. The number of rotatable bonds is 0. The van der Waals surface area contributed by atoms with E-state index in [0.29, 0.717) is 0 Å². The summed E-state index contributed by atoms with van der Waals surface area (Å²) in [7, 11) is 0. The van der Waals surface area contributed by atoms with Crippen LogP contribution in [0.15, 0.2) is 0 Å². The zero-order chi connectivity index (χ0) is 2.00. The van der Waals surface area contributed by atoms with Crippen molar-refractivity contribution in [1.82, 2.24) is 0 Å². The molecule has 0 heterocycles. The van der Waals surface area contributed by atoms with Crippen molar-refractivity contribution in [2.45, 2.75) is 0 Å². The second-order valence-corrected chi connectivity index (χ2v) is 0. The molecule has 0 saturated heterocycles. The van der Waals surface area contributed by atoms with Gasteiger partial charge in [0.1, 0.15) is 0 Å². The predicted molar refractivity (Wildman–Crippen MR) is 26.4 cm³/mol. The van der Waals surface area contributed by atoms with Gasteiger partial charge in [-0.1, -0.05) is 0 Å². The second kappa shape index (κ2) is 18.3. The van der Waals surface area contributed by atoms with Gasteiger partial charge < -0.3 is 0 Å². The van der Waals surface area contributed by atoms with Gasteiger partial charge in [0.15, 0.2) is 0 Å². The Hall–Kier alpha value is 2.35. The number of thiol groups is 1. The van der Waals surface area contributed by atoms with Gasteiger partial charge in [-0.2, -0.15) is 12.6 Å². The van der Waals surface area contributed by atoms with Crippen molar-refractivity contribution in [3.63, 3.8) is 0 Å². The Morgan fingerprint density at radius 1 is 1.00 bits per heavy atom. The molecular weight excluding hydrogens is 90.1 g/mol. The van der Waals surface area contributed by atoms with Crippen molar-refractivity contribution in [2.75, 3.05) is 6.26 Å². The molecule has 0 N–H and O–H groups in total. The van der Waals surface area contributed by atoms with E-state index in [0.717, 1.165) is 0 Å². The van der Waals surface area contributed by atoms with Gasteiger partial charge in [-0.15, -0.1) is 0 Å². The van der Waals surface area contributed by atoms with E-state index >= 15 is 0 Å². The first kappa shape index (κ1) is 16.2. The maximum atomic E-state index is 3.53. The number of hydrogen-bond donors (Lipinski definition) is 1. The van der Waals surface area contributed by atoms with E-state index in [-0.39, 0.29) is 59.1 Å². The Balaban J connectivity index is -0.00000000500. The van der Waals surface area contributed by atoms with Gasteiger partial charge in [-0.3, -0.25) is 0 Å². The van der Waals surface area contributed by atoms with Crippen LogP contribution in [-0.4, -0.2) is 65.4 Å². The molecular formula is CH4Na2S. The van der Waals surface area contributed by atoms with Crippen LogP contribution in [0.25, 0.3) is 0 Å². The topological polar surface area (TPSA) is 0 Å². The molecule has 2 radical (unpaired) electrons. The van der Waals surface area contributed by atoms with Crippen molar-refractivity contribution in [3.8, 4) is 0 Å². The first-order valence-electron chi connectivity index (χ1n) is 0.447. The smallest absolute Gasteiger partial charge is 0 e. The number of hydrogen-bond acceptors (Lipinski definition) is 1. The summed E-state index contributed by atoms with van der Waals surface area (Å²) in [5.41, 5.74) is 0. The fraction of sp³-hybridized carbons (Fsp3) is 1.00. The van der Waals surface area contributed by atoms with Crippen LogP contribution < -0.4 is 0 Å². The first-order valence-corrected chi connectivity index (χ1v) is 1.34. The molecule has 3 heteroatoms. The summed E-state index contributed by atoms with van der Waals surface area (Å²) in [6.07, 6.45) is 1.69. The predicted octanol–water partition coefficient (Wildman–Crippen LogP) is -0.216. The molecule has 0 unspecified atom stereocenters. The summed E-state index contributed by atoms with van der Waals surface area (Å²) in [5, 5.41) is 0. The molecule has 0 rings (SSSR count). The van der Waals surface area contributed by atoms with Gasteiger partial charge in [0.2, 0.25) is 0 Å². The maximum absolute atomic E-state index is 3.53. The van der Waals surface area contributed by atoms with Crippen LogP contribution in [0.2, 0.25) is 0 Å². The van der Waals surface area contributed by atoms with Gasteiger partial charge in [-0.25, -0.2) is 0 Å². The normalized spacial score (nSPS) is 1.50. The molecule has 0 nitrogen and oxygen atoms in total. The van der Waals surface area contributed by atoms with Crippen LogP contribution in [0, 0.1) is 0 Å². The fourth-order valence-electron chi connectivity index (χ4n) is 0. The molecule has 0 aliphatic rings. The van der Waals surface area contributed by atoms with Crippen molar-refractivity contribution in [3.05, 3.63) is 0 Å². The van der Waals surface area contributed by atoms with E-state index in [1.54, 1.807) is 6.26 Å². The van der Waals surface area contributed by atoms with Crippen LogP contribution in [0.5, 0.6) is 0 Å². The van der Waals surface area contributed by atoms with Crippen molar-refractivity contribution < 1.29 is 0 Å². The van der Waals surface area contributed by atoms with E-state index in [1.165, 1.54) is 0 Å². The summed E-state index contributed by atoms with van der Waals surface area (Å²) >= 11 is 3.53. The summed E-state index contributed by atoms with van der Waals surface area (Å²) in [5.74, 6) is 0. The molecule has 0 aliphatic heterocycles. The van der Waals surface area contributed by atoms with Crippen LogP contribution in [0.1, 0.15) is 0 Å². The average Bonchev–Trinajstić information content (AvgIpc) is 1.00. The maximum Gasteiger partial charge on any atom is 0 e. The largest absolute Gasteiger partial charge is 0.183 e. The summed E-state index contributed by atoms with van der Waals surface area (Å²) in [4.78, 5) is 0. The molecule has 0 bridgehead atoms. The zero-order valence-corrected chi connectivity index (χ0v) is 8.34. The molecule has 0 spiro atoms. The van der Waals surface area contributed by atoms with E-state index in [4.69, 9.17) is 0 Å². The Labute approximate surface area is 76.7 Å². The molecule has 16 valence electrons. The average molecular weight is 94.1 g/mol. The SMILES string of the molecule is CS.[Na].[Na]. The van der Waals surface area contributed by atoms with Gasteiger partial charge in [-0.05, 0) is 6.26 Å². The third-order valence-corrected chi connectivity index (χ3v) is 0. The summed E-state index contributed by atoms with van der Waals surface area (Å²) in [6, 6.07) is 0. The van der Waals surface area contributed by atoms with Crippen molar-refractivity contribution in [1.29, 1.82) is 0 Å². The van der Waals surface area contributed by atoms with E-state index in [2.05, 4.69) is 12.6 Å². The van der Waals surface area contributed by atoms with Crippen molar-refractivity contribution in [2.24, 2.45) is 0 Å². The second-order valence-electron chi connectivity index (χ2n) is 0. The Morgan fingerprint density at radius 2 is 1.00 bits per heavy atom. The van der Waals surface area contributed by atoms with Gasteiger partial charge in [0, 0.05) is 59.1 Å².